The van der Waals surface area contributed by atoms with Gasteiger partial charge in [-0.2, -0.15) is 0 Å². The first-order chi connectivity index (χ1) is 8.24. The van der Waals surface area contributed by atoms with E-state index in [1.165, 1.54) is 0 Å². The van der Waals surface area contributed by atoms with Crippen molar-refractivity contribution in [2.45, 2.75) is 44.7 Å². The van der Waals surface area contributed by atoms with E-state index in [1.807, 2.05) is 17.0 Å². The summed E-state index contributed by atoms with van der Waals surface area (Å²) in [6, 6.07) is 3.63. The number of nitrogens with zero attached hydrogens (tertiary/aromatic N) is 1. The minimum atomic E-state index is -0.0973. The monoisotopic (exact) mass is 236 g/mol. The lowest BCUT2D eigenvalue weighted by Gasteiger charge is -2.31. The number of carbonyl (C=O) groups is 1. The smallest absolute Gasteiger partial charge is 0.223 e. The number of likely N-dealkylation sites (tertiary alicyclic amines) is 1. The van der Waals surface area contributed by atoms with E-state index in [2.05, 4.69) is 6.92 Å². The normalized spacial score (nSPS) is 26.0. The van der Waals surface area contributed by atoms with E-state index < -0.39 is 0 Å². The molecular weight excluding hydrogens is 216 g/mol. The maximum Gasteiger partial charge on any atom is 0.223 e. The van der Waals surface area contributed by atoms with E-state index in [0.29, 0.717) is 6.42 Å². The third-order valence-electron chi connectivity index (χ3n) is 3.29. The maximum atomic E-state index is 12.1. The summed E-state index contributed by atoms with van der Waals surface area (Å²) in [4.78, 5) is 14.0. The van der Waals surface area contributed by atoms with Crippen molar-refractivity contribution < 1.29 is 9.21 Å². The molecule has 1 aromatic rings. The lowest BCUT2D eigenvalue weighted by molar-refractivity contribution is -0.133. The summed E-state index contributed by atoms with van der Waals surface area (Å²) >= 11 is 0. The molecule has 0 radical (unpaired) electrons. The second-order valence-electron chi connectivity index (χ2n) is 4.60. The highest BCUT2D eigenvalue weighted by atomic mass is 16.3. The van der Waals surface area contributed by atoms with Gasteiger partial charge < -0.3 is 15.1 Å². The Morgan fingerprint density at radius 2 is 2.41 bits per heavy atom. The van der Waals surface area contributed by atoms with E-state index in [1.54, 1.807) is 6.26 Å². The van der Waals surface area contributed by atoms with Crippen LogP contribution in [0.4, 0.5) is 0 Å². The molecule has 1 aromatic heterocycles. The summed E-state index contributed by atoms with van der Waals surface area (Å²) in [6.45, 7) is 2.82. The fourth-order valence-electron chi connectivity index (χ4n) is 2.51. The van der Waals surface area contributed by atoms with Crippen molar-refractivity contribution in [2.75, 3.05) is 6.54 Å². The number of amides is 1. The Kier molecular flexibility index (Phi) is 3.84. The van der Waals surface area contributed by atoms with Crippen molar-refractivity contribution >= 4 is 5.91 Å². The molecule has 0 aliphatic carbocycles. The molecular formula is C13H20N2O2. The third-order valence-corrected chi connectivity index (χ3v) is 3.29. The summed E-state index contributed by atoms with van der Waals surface area (Å²) in [6.07, 6.45) is 4.93. The van der Waals surface area contributed by atoms with Crippen LogP contribution in [0.25, 0.3) is 0 Å². The fourth-order valence-corrected chi connectivity index (χ4v) is 2.51. The summed E-state index contributed by atoms with van der Waals surface area (Å²) in [5, 5.41) is 0. The van der Waals surface area contributed by atoms with Crippen molar-refractivity contribution in [1.82, 2.24) is 4.90 Å². The van der Waals surface area contributed by atoms with Crippen molar-refractivity contribution in [3.8, 4) is 0 Å². The second kappa shape index (κ2) is 5.36. The molecule has 2 atom stereocenters. The minimum Gasteiger partial charge on any atom is -0.467 e. The topological polar surface area (TPSA) is 59.5 Å². The Bertz CT molecular complexity index is 362. The summed E-state index contributed by atoms with van der Waals surface area (Å²) in [7, 11) is 0. The van der Waals surface area contributed by atoms with Gasteiger partial charge in [0.25, 0.3) is 0 Å². The number of nitrogens with two attached hydrogens (primary N) is 1. The molecule has 0 spiro atoms. The van der Waals surface area contributed by atoms with Gasteiger partial charge in [-0.25, -0.2) is 0 Å². The molecule has 1 aliphatic heterocycles. The first kappa shape index (κ1) is 12.2. The predicted octanol–water partition coefficient (Wildman–Crippen LogP) is 2.07. The van der Waals surface area contributed by atoms with E-state index in [4.69, 9.17) is 10.2 Å². The van der Waals surface area contributed by atoms with E-state index in [9.17, 15) is 4.79 Å². The number of hydrogen-bond donors (Lipinski definition) is 1. The number of rotatable bonds is 3. The molecule has 2 rings (SSSR count). The Hall–Kier alpha value is -1.29. The summed E-state index contributed by atoms with van der Waals surface area (Å²) in [5.74, 6) is 1.00. The lowest BCUT2D eigenvalue weighted by atomic mass is 10.0. The van der Waals surface area contributed by atoms with Crippen LogP contribution >= 0.6 is 0 Å². The number of furan rings is 1. The zero-order valence-corrected chi connectivity index (χ0v) is 10.3. The molecule has 0 saturated carbocycles. The van der Waals surface area contributed by atoms with Gasteiger partial charge in [-0.15, -0.1) is 0 Å². The molecule has 94 valence electrons. The van der Waals surface area contributed by atoms with Crippen LogP contribution in [-0.2, 0) is 4.79 Å². The molecule has 1 saturated heterocycles. The molecule has 1 fully saturated rings. The van der Waals surface area contributed by atoms with E-state index in [0.717, 1.165) is 31.6 Å². The van der Waals surface area contributed by atoms with Gasteiger partial charge in [0.05, 0.1) is 6.26 Å². The van der Waals surface area contributed by atoms with Gasteiger partial charge >= 0.3 is 0 Å². The Morgan fingerprint density at radius 3 is 3.06 bits per heavy atom. The SMILES string of the molecule is CCCN1C(=O)CCCC(N)C1c1ccco1. The molecule has 0 aromatic carbocycles. The molecule has 2 N–H and O–H groups in total. The van der Waals surface area contributed by atoms with Crippen LogP contribution < -0.4 is 5.73 Å². The minimum absolute atomic E-state index is 0.0286. The third kappa shape index (κ3) is 2.52. The predicted molar refractivity (Wildman–Crippen MR) is 65.3 cm³/mol. The van der Waals surface area contributed by atoms with Crippen molar-refractivity contribution in [2.24, 2.45) is 5.73 Å². The highest BCUT2D eigenvalue weighted by Crippen LogP contribution is 2.30. The van der Waals surface area contributed by atoms with Crippen LogP contribution in [0.5, 0.6) is 0 Å². The maximum absolute atomic E-state index is 12.1. The molecule has 1 aliphatic rings. The molecule has 1 amide bonds. The number of hydrogen-bond acceptors (Lipinski definition) is 3. The van der Waals surface area contributed by atoms with Crippen LogP contribution in [0.1, 0.15) is 44.4 Å². The van der Waals surface area contributed by atoms with Crippen molar-refractivity contribution in [3.05, 3.63) is 24.2 Å². The Balaban J connectivity index is 2.29. The van der Waals surface area contributed by atoms with Crippen LogP contribution in [0, 0.1) is 0 Å². The van der Waals surface area contributed by atoms with E-state index in [-0.39, 0.29) is 18.0 Å². The van der Waals surface area contributed by atoms with E-state index >= 15 is 0 Å². The van der Waals surface area contributed by atoms with Gasteiger partial charge in [-0.05, 0) is 31.4 Å². The highest BCUT2D eigenvalue weighted by molar-refractivity contribution is 5.77. The van der Waals surface area contributed by atoms with Gasteiger partial charge in [-0.1, -0.05) is 6.92 Å². The van der Waals surface area contributed by atoms with Gasteiger partial charge in [0.2, 0.25) is 5.91 Å². The van der Waals surface area contributed by atoms with Crippen LogP contribution in [0.3, 0.4) is 0 Å². The number of carbonyl (C=O) groups excluding carboxylic acids is 1. The first-order valence-electron chi connectivity index (χ1n) is 6.32. The molecule has 4 nitrogen and oxygen atoms in total. The second-order valence-corrected chi connectivity index (χ2v) is 4.60. The highest BCUT2D eigenvalue weighted by Gasteiger charge is 2.33. The Morgan fingerprint density at radius 1 is 1.59 bits per heavy atom. The molecule has 2 unspecified atom stereocenters. The first-order valence-corrected chi connectivity index (χ1v) is 6.32. The van der Waals surface area contributed by atoms with Crippen molar-refractivity contribution in [3.63, 3.8) is 0 Å². The molecule has 4 heteroatoms. The zero-order valence-electron chi connectivity index (χ0n) is 10.3. The van der Waals surface area contributed by atoms with Crippen LogP contribution in [0.2, 0.25) is 0 Å². The van der Waals surface area contributed by atoms with Gasteiger partial charge in [0.1, 0.15) is 11.8 Å². The molecule has 17 heavy (non-hydrogen) atoms. The summed E-state index contributed by atoms with van der Waals surface area (Å²) < 4.78 is 5.45. The van der Waals surface area contributed by atoms with Crippen LogP contribution in [-0.4, -0.2) is 23.4 Å². The zero-order chi connectivity index (χ0) is 12.3. The average Bonchev–Trinajstić information content (AvgIpc) is 2.77. The van der Waals surface area contributed by atoms with Gasteiger partial charge in [-0.3, -0.25) is 4.79 Å². The Labute approximate surface area is 102 Å². The lowest BCUT2D eigenvalue weighted by Crippen LogP contribution is -2.42. The molecule has 2 heterocycles. The van der Waals surface area contributed by atoms with Crippen LogP contribution in [0.15, 0.2) is 22.8 Å². The standard InChI is InChI=1S/C13H20N2O2/c1-2-8-15-12(16)7-3-5-10(14)13(15)11-6-4-9-17-11/h4,6,9-10,13H,2-3,5,7-8,14H2,1H3. The van der Waals surface area contributed by atoms with Gasteiger partial charge in [0.15, 0.2) is 0 Å². The van der Waals surface area contributed by atoms with Crippen molar-refractivity contribution in [1.29, 1.82) is 0 Å². The largest absolute Gasteiger partial charge is 0.467 e. The van der Waals surface area contributed by atoms with Gasteiger partial charge in [0, 0.05) is 19.0 Å². The quantitative estimate of drug-likeness (QED) is 0.874. The summed E-state index contributed by atoms with van der Waals surface area (Å²) in [5.41, 5.74) is 6.20. The average molecular weight is 236 g/mol. The fraction of sp³-hybridized carbons (Fsp3) is 0.615. The molecule has 0 bridgehead atoms.